The maximum absolute atomic E-state index is 12.1. The van der Waals surface area contributed by atoms with Gasteiger partial charge in [0.2, 0.25) is 0 Å². The number of benzene rings is 1. The van der Waals surface area contributed by atoms with Gasteiger partial charge in [0.05, 0.1) is 0 Å². The van der Waals surface area contributed by atoms with Crippen molar-refractivity contribution < 1.29 is 14.7 Å². The first kappa shape index (κ1) is 14.7. The Morgan fingerprint density at radius 2 is 2.30 bits per heavy atom. The molecule has 0 spiro atoms. The zero-order valence-corrected chi connectivity index (χ0v) is 12.1. The van der Waals surface area contributed by atoms with E-state index in [0.717, 1.165) is 18.7 Å². The summed E-state index contributed by atoms with van der Waals surface area (Å²) in [6.45, 7) is 0.881. The SMILES string of the molecule is CSCCC(NC(=O)c1ccc2c(c1)NCC2)C(=O)O. The maximum atomic E-state index is 12.1. The second kappa shape index (κ2) is 6.65. The van der Waals surface area contributed by atoms with Crippen molar-refractivity contribution in [1.29, 1.82) is 0 Å². The molecule has 5 nitrogen and oxygen atoms in total. The molecule has 1 aliphatic rings. The number of rotatable bonds is 6. The monoisotopic (exact) mass is 294 g/mol. The lowest BCUT2D eigenvalue weighted by Gasteiger charge is -2.14. The van der Waals surface area contributed by atoms with Crippen molar-refractivity contribution in [3.8, 4) is 0 Å². The summed E-state index contributed by atoms with van der Waals surface area (Å²) < 4.78 is 0. The summed E-state index contributed by atoms with van der Waals surface area (Å²) in [5.41, 5.74) is 2.65. The predicted octanol–water partition coefficient (Wildman–Crippen LogP) is 1.59. The zero-order valence-electron chi connectivity index (χ0n) is 11.3. The summed E-state index contributed by atoms with van der Waals surface area (Å²) >= 11 is 1.56. The van der Waals surface area contributed by atoms with E-state index in [1.165, 1.54) is 5.56 Å². The molecule has 0 saturated heterocycles. The van der Waals surface area contributed by atoms with E-state index in [4.69, 9.17) is 5.11 Å². The summed E-state index contributed by atoms with van der Waals surface area (Å²) in [6, 6.07) is 4.61. The number of anilines is 1. The molecular weight excluding hydrogens is 276 g/mol. The third kappa shape index (κ3) is 3.45. The van der Waals surface area contributed by atoms with E-state index >= 15 is 0 Å². The molecule has 3 N–H and O–H groups in total. The molecule has 1 unspecified atom stereocenters. The van der Waals surface area contributed by atoms with Crippen LogP contribution in [0.2, 0.25) is 0 Å². The van der Waals surface area contributed by atoms with Crippen molar-refractivity contribution in [3.63, 3.8) is 0 Å². The normalized spacial score (nSPS) is 14.2. The Hall–Kier alpha value is -1.69. The van der Waals surface area contributed by atoms with Gasteiger partial charge in [-0.05, 0) is 42.5 Å². The summed E-state index contributed by atoms with van der Waals surface area (Å²) in [7, 11) is 0. The number of carboxylic acid groups (broad SMARTS) is 1. The van der Waals surface area contributed by atoms with Gasteiger partial charge in [-0.2, -0.15) is 11.8 Å². The van der Waals surface area contributed by atoms with Crippen molar-refractivity contribution in [2.45, 2.75) is 18.9 Å². The molecule has 0 saturated carbocycles. The Morgan fingerprint density at radius 1 is 1.50 bits per heavy atom. The van der Waals surface area contributed by atoms with Crippen LogP contribution in [0.25, 0.3) is 0 Å². The Morgan fingerprint density at radius 3 is 3.00 bits per heavy atom. The summed E-state index contributed by atoms with van der Waals surface area (Å²) in [5, 5.41) is 14.9. The van der Waals surface area contributed by atoms with Gasteiger partial charge in [0, 0.05) is 17.8 Å². The number of thioether (sulfide) groups is 1. The van der Waals surface area contributed by atoms with Crippen LogP contribution in [-0.4, -0.2) is 41.6 Å². The smallest absolute Gasteiger partial charge is 0.326 e. The summed E-state index contributed by atoms with van der Waals surface area (Å²) in [6.07, 6.45) is 3.29. The lowest BCUT2D eigenvalue weighted by atomic mass is 10.1. The van der Waals surface area contributed by atoms with E-state index in [9.17, 15) is 9.59 Å². The van der Waals surface area contributed by atoms with Crippen LogP contribution in [-0.2, 0) is 11.2 Å². The average Bonchev–Trinajstić information content (AvgIpc) is 2.90. The molecule has 1 aliphatic heterocycles. The van der Waals surface area contributed by atoms with E-state index in [1.807, 2.05) is 12.3 Å². The van der Waals surface area contributed by atoms with Gasteiger partial charge in [0.15, 0.2) is 0 Å². The summed E-state index contributed by atoms with van der Waals surface area (Å²) in [5.74, 6) is -0.634. The molecule has 20 heavy (non-hydrogen) atoms. The highest BCUT2D eigenvalue weighted by Crippen LogP contribution is 2.23. The number of aliphatic carboxylic acids is 1. The van der Waals surface area contributed by atoms with Crippen LogP contribution in [0.3, 0.4) is 0 Å². The molecule has 0 aliphatic carbocycles. The van der Waals surface area contributed by atoms with Crippen molar-refractivity contribution in [2.24, 2.45) is 0 Å². The standard InChI is InChI=1S/C14H18N2O3S/c1-20-7-5-11(14(18)19)16-13(17)10-3-2-9-4-6-15-12(9)8-10/h2-3,8,11,15H,4-7H2,1H3,(H,16,17)(H,18,19). The summed E-state index contributed by atoms with van der Waals surface area (Å²) in [4.78, 5) is 23.2. The highest BCUT2D eigenvalue weighted by atomic mass is 32.2. The number of hydrogen-bond donors (Lipinski definition) is 3. The van der Waals surface area contributed by atoms with E-state index in [2.05, 4.69) is 10.6 Å². The van der Waals surface area contributed by atoms with Crippen LogP contribution < -0.4 is 10.6 Å². The molecule has 6 heteroatoms. The first-order chi connectivity index (χ1) is 9.61. The van der Waals surface area contributed by atoms with Gasteiger partial charge in [0.1, 0.15) is 6.04 Å². The van der Waals surface area contributed by atoms with Gasteiger partial charge in [0.25, 0.3) is 5.91 Å². The fraction of sp³-hybridized carbons (Fsp3) is 0.429. The van der Waals surface area contributed by atoms with E-state index in [0.29, 0.717) is 17.7 Å². The van der Waals surface area contributed by atoms with Gasteiger partial charge in [-0.1, -0.05) is 6.07 Å². The lowest BCUT2D eigenvalue weighted by molar-refractivity contribution is -0.139. The molecule has 2 rings (SSSR count). The number of amides is 1. The molecule has 1 atom stereocenters. The molecule has 108 valence electrons. The second-order valence-corrected chi connectivity index (χ2v) is 5.68. The minimum atomic E-state index is -0.994. The zero-order chi connectivity index (χ0) is 14.5. The number of hydrogen-bond acceptors (Lipinski definition) is 4. The Labute approximate surface area is 122 Å². The highest BCUT2D eigenvalue weighted by molar-refractivity contribution is 7.98. The quantitative estimate of drug-likeness (QED) is 0.742. The molecule has 0 radical (unpaired) electrons. The van der Waals surface area contributed by atoms with E-state index < -0.39 is 12.0 Å². The van der Waals surface area contributed by atoms with Gasteiger partial charge in [-0.15, -0.1) is 0 Å². The first-order valence-corrected chi connectivity index (χ1v) is 7.90. The van der Waals surface area contributed by atoms with Crippen LogP contribution in [0.15, 0.2) is 18.2 Å². The largest absolute Gasteiger partial charge is 0.480 e. The van der Waals surface area contributed by atoms with E-state index in [-0.39, 0.29) is 5.91 Å². The number of carboxylic acids is 1. The molecule has 0 bridgehead atoms. The number of carbonyl (C=O) groups excluding carboxylic acids is 1. The second-order valence-electron chi connectivity index (χ2n) is 4.69. The van der Waals surface area contributed by atoms with Crippen molar-refractivity contribution in [3.05, 3.63) is 29.3 Å². The molecule has 1 aromatic carbocycles. The molecule has 1 heterocycles. The van der Waals surface area contributed by atoms with Crippen molar-refractivity contribution in [1.82, 2.24) is 5.32 Å². The Bertz CT molecular complexity index is 519. The third-order valence-corrected chi connectivity index (χ3v) is 3.94. The highest BCUT2D eigenvalue weighted by Gasteiger charge is 2.21. The van der Waals surface area contributed by atoms with Gasteiger partial charge >= 0.3 is 5.97 Å². The topological polar surface area (TPSA) is 78.4 Å². The number of nitrogens with one attached hydrogen (secondary N) is 2. The molecular formula is C14H18N2O3S. The molecule has 0 aromatic heterocycles. The minimum absolute atomic E-state index is 0.338. The Kier molecular flexibility index (Phi) is 4.89. The van der Waals surface area contributed by atoms with Crippen molar-refractivity contribution >= 4 is 29.3 Å². The molecule has 1 aromatic rings. The van der Waals surface area contributed by atoms with E-state index in [1.54, 1.807) is 23.9 Å². The third-order valence-electron chi connectivity index (χ3n) is 3.30. The number of carbonyl (C=O) groups is 2. The van der Waals surface area contributed by atoms with Crippen LogP contribution in [0.1, 0.15) is 22.3 Å². The lowest BCUT2D eigenvalue weighted by Crippen LogP contribution is -2.41. The average molecular weight is 294 g/mol. The van der Waals surface area contributed by atoms with Crippen LogP contribution in [0, 0.1) is 0 Å². The molecule has 0 fully saturated rings. The van der Waals surface area contributed by atoms with Crippen LogP contribution >= 0.6 is 11.8 Å². The first-order valence-electron chi connectivity index (χ1n) is 6.51. The minimum Gasteiger partial charge on any atom is -0.480 e. The van der Waals surface area contributed by atoms with Gasteiger partial charge < -0.3 is 15.7 Å². The van der Waals surface area contributed by atoms with Crippen LogP contribution in [0.5, 0.6) is 0 Å². The predicted molar refractivity (Wildman–Crippen MR) is 80.5 cm³/mol. The van der Waals surface area contributed by atoms with Gasteiger partial charge in [-0.25, -0.2) is 4.79 Å². The van der Waals surface area contributed by atoms with Gasteiger partial charge in [-0.3, -0.25) is 4.79 Å². The van der Waals surface area contributed by atoms with Crippen molar-refractivity contribution in [2.75, 3.05) is 23.9 Å². The Balaban J connectivity index is 2.04. The van der Waals surface area contributed by atoms with Crippen LogP contribution in [0.4, 0.5) is 5.69 Å². The fourth-order valence-corrected chi connectivity index (χ4v) is 2.64. The number of fused-ring (bicyclic) bond motifs is 1. The molecule has 1 amide bonds. The maximum Gasteiger partial charge on any atom is 0.326 e. The fourth-order valence-electron chi connectivity index (χ4n) is 2.17.